The highest BCUT2D eigenvalue weighted by Gasteiger charge is 2.13. The Morgan fingerprint density at radius 2 is 1.71 bits per heavy atom. The van der Waals surface area contributed by atoms with E-state index in [9.17, 15) is 13.2 Å². The number of carbonyl (C=O) groups is 1. The number of carbonyl (C=O) groups excluding carboxylic acids is 1. The Labute approximate surface area is 125 Å². The van der Waals surface area contributed by atoms with Crippen molar-refractivity contribution in [3.05, 3.63) is 30.3 Å². The first kappa shape index (κ1) is 17.6. The zero-order valence-corrected chi connectivity index (χ0v) is 12.8. The topological polar surface area (TPSA) is 78.9 Å². The third kappa shape index (κ3) is 7.22. The molecule has 1 aromatic carbocycles. The molecule has 0 radical (unpaired) electrons. The van der Waals surface area contributed by atoms with Crippen molar-refractivity contribution in [3.63, 3.8) is 0 Å². The number of benzene rings is 1. The monoisotopic (exact) mass is 316 g/mol. The van der Waals surface area contributed by atoms with Gasteiger partial charge in [0.05, 0.1) is 24.7 Å². The molecule has 0 spiro atoms. The molecule has 0 N–H and O–H groups in total. The summed E-state index contributed by atoms with van der Waals surface area (Å²) in [4.78, 5) is 11.1. The van der Waals surface area contributed by atoms with Gasteiger partial charge in [0, 0.05) is 6.42 Å². The van der Waals surface area contributed by atoms with Gasteiger partial charge in [-0.25, -0.2) is 0 Å². The van der Waals surface area contributed by atoms with Gasteiger partial charge in [-0.3, -0.25) is 8.98 Å². The maximum Gasteiger partial charge on any atom is 0.305 e. The molecule has 1 aromatic rings. The maximum absolute atomic E-state index is 11.7. The van der Waals surface area contributed by atoms with E-state index >= 15 is 0 Å². The molecule has 0 aromatic heterocycles. The standard InChI is InChI=1S/C14H20O6S/c1-2-6-14(15)19-11-9-18-10-12-20-21(16,17)13-7-4-3-5-8-13/h3-5,7-8H,2,6,9-12H2,1H3. The number of rotatable bonds is 10. The number of ether oxygens (including phenoxy) is 2. The molecule has 0 aliphatic rings. The van der Waals surface area contributed by atoms with Gasteiger partial charge in [0.15, 0.2) is 0 Å². The average molecular weight is 316 g/mol. The molecule has 0 fully saturated rings. The molecular weight excluding hydrogens is 296 g/mol. The molecule has 7 heteroatoms. The van der Waals surface area contributed by atoms with Gasteiger partial charge in [-0.05, 0) is 18.6 Å². The molecule has 0 atom stereocenters. The first-order chi connectivity index (χ1) is 10.1. The van der Waals surface area contributed by atoms with E-state index in [1.807, 2.05) is 6.92 Å². The van der Waals surface area contributed by atoms with Crippen LogP contribution in [0.3, 0.4) is 0 Å². The second kappa shape index (κ2) is 9.49. The molecule has 118 valence electrons. The molecule has 0 aliphatic carbocycles. The van der Waals surface area contributed by atoms with Gasteiger partial charge in [-0.2, -0.15) is 8.42 Å². The predicted molar refractivity (Wildman–Crippen MR) is 76.3 cm³/mol. The van der Waals surface area contributed by atoms with Crippen molar-refractivity contribution in [2.75, 3.05) is 26.4 Å². The van der Waals surface area contributed by atoms with Gasteiger partial charge in [-0.15, -0.1) is 0 Å². The highest BCUT2D eigenvalue weighted by atomic mass is 32.2. The lowest BCUT2D eigenvalue weighted by atomic mass is 10.3. The first-order valence-corrected chi connectivity index (χ1v) is 8.15. The number of hydrogen-bond donors (Lipinski definition) is 0. The van der Waals surface area contributed by atoms with Crippen molar-refractivity contribution < 1.29 is 26.9 Å². The fourth-order valence-corrected chi connectivity index (χ4v) is 2.36. The molecular formula is C14H20O6S. The van der Waals surface area contributed by atoms with E-state index in [0.29, 0.717) is 6.42 Å². The molecule has 6 nitrogen and oxygen atoms in total. The van der Waals surface area contributed by atoms with Crippen molar-refractivity contribution >= 4 is 16.1 Å². The molecule has 0 amide bonds. The van der Waals surface area contributed by atoms with Crippen molar-refractivity contribution in [1.82, 2.24) is 0 Å². The minimum atomic E-state index is -3.74. The number of hydrogen-bond acceptors (Lipinski definition) is 6. The Balaban J connectivity index is 2.13. The third-order valence-corrected chi connectivity index (χ3v) is 3.77. The largest absolute Gasteiger partial charge is 0.463 e. The molecule has 1 rings (SSSR count). The highest BCUT2D eigenvalue weighted by Crippen LogP contribution is 2.10. The third-order valence-electron chi connectivity index (χ3n) is 2.44. The van der Waals surface area contributed by atoms with Gasteiger partial charge in [0.1, 0.15) is 6.61 Å². The van der Waals surface area contributed by atoms with E-state index in [0.717, 1.165) is 6.42 Å². The second-order valence-electron chi connectivity index (χ2n) is 4.17. The Morgan fingerprint density at radius 1 is 1.05 bits per heavy atom. The van der Waals surface area contributed by atoms with Crippen LogP contribution in [0.4, 0.5) is 0 Å². The summed E-state index contributed by atoms with van der Waals surface area (Å²) in [5, 5.41) is 0. The van der Waals surface area contributed by atoms with Crippen molar-refractivity contribution in [1.29, 1.82) is 0 Å². The van der Waals surface area contributed by atoms with Crippen molar-refractivity contribution in [2.45, 2.75) is 24.7 Å². The van der Waals surface area contributed by atoms with Gasteiger partial charge in [-0.1, -0.05) is 25.1 Å². The van der Waals surface area contributed by atoms with E-state index in [1.54, 1.807) is 18.2 Å². The van der Waals surface area contributed by atoms with E-state index in [2.05, 4.69) is 0 Å². The summed E-state index contributed by atoms with van der Waals surface area (Å²) < 4.78 is 38.3. The van der Waals surface area contributed by atoms with Gasteiger partial charge in [0.25, 0.3) is 10.1 Å². The zero-order valence-electron chi connectivity index (χ0n) is 12.0. The molecule has 21 heavy (non-hydrogen) atoms. The Hall–Kier alpha value is -1.44. The van der Waals surface area contributed by atoms with Crippen LogP contribution < -0.4 is 0 Å². The zero-order chi connectivity index (χ0) is 15.6. The van der Waals surface area contributed by atoms with Crippen molar-refractivity contribution in [3.8, 4) is 0 Å². The van der Waals surface area contributed by atoms with Crippen LogP contribution in [0.2, 0.25) is 0 Å². The predicted octanol–water partition coefficient (Wildman–Crippen LogP) is 1.75. The summed E-state index contributed by atoms with van der Waals surface area (Å²) in [5.41, 5.74) is 0. The van der Waals surface area contributed by atoms with Crippen LogP contribution in [0.1, 0.15) is 19.8 Å². The van der Waals surface area contributed by atoms with Crippen molar-refractivity contribution in [2.24, 2.45) is 0 Å². The lowest BCUT2D eigenvalue weighted by molar-refractivity contribution is -0.145. The van der Waals surface area contributed by atoms with Crippen LogP contribution in [0.5, 0.6) is 0 Å². The molecule has 0 saturated heterocycles. The van der Waals surface area contributed by atoms with Crippen LogP contribution in [0.25, 0.3) is 0 Å². The van der Waals surface area contributed by atoms with Crippen LogP contribution in [0.15, 0.2) is 35.2 Å². The Morgan fingerprint density at radius 3 is 2.38 bits per heavy atom. The van der Waals surface area contributed by atoms with Crippen LogP contribution in [-0.4, -0.2) is 40.8 Å². The van der Waals surface area contributed by atoms with E-state index < -0.39 is 10.1 Å². The SMILES string of the molecule is CCCC(=O)OCCOCCOS(=O)(=O)c1ccccc1. The first-order valence-electron chi connectivity index (χ1n) is 6.74. The van der Waals surface area contributed by atoms with Gasteiger partial charge >= 0.3 is 5.97 Å². The fraction of sp³-hybridized carbons (Fsp3) is 0.500. The molecule has 0 heterocycles. The van der Waals surface area contributed by atoms with E-state index in [1.165, 1.54) is 12.1 Å². The molecule has 0 saturated carbocycles. The average Bonchev–Trinajstić information content (AvgIpc) is 2.47. The quantitative estimate of drug-likeness (QED) is 0.372. The Kier molecular flexibility index (Phi) is 7.96. The second-order valence-corrected chi connectivity index (χ2v) is 5.79. The fourth-order valence-electron chi connectivity index (χ4n) is 1.45. The lowest BCUT2D eigenvalue weighted by Crippen LogP contribution is -2.14. The minimum Gasteiger partial charge on any atom is -0.463 e. The summed E-state index contributed by atoms with van der Waals surface area (Å²) in [7, 11) is -3.74. The summed E-state index contributed by atoms with van der Waals surface area (Å²) in [6.45, 7) is 2.29. The molecule has 0 bridgehead atoms. The summed E-state index contributed by atoms with van der Waals surface area (Å²) >= 11 is 0. The summed E-state index contributed by atoms with van der Waals surface area (Å²) in [6, 6.07) is 7.89. The lowest BCUT2D eigenvalue weighted by Gasteiger charge is -2.07. The van der Waals surface area contributed by atoms with E-state index in [-0.39, 0.29) is 37.3 Å². The van der Waals surface area contributed by atoms with Gasteiger partial charge in [0.2, 0.25) is 0 Å². The molecule has 0 aliphatic heterocycles. The van der Waals surface area contributed by atoms with Crippen LogP contribution >= 0.6 is 0 Å². The van der Waals surface area contributed by atoms with Crippen LogP contribution in [-0.2, 0) is 28.6 Å². The number of esters is 1. The molecule has 0 unspecified atom stereocenters. The van der Waals surface area contributed by atoms with Gasteiger partial charge < -0.3 is 9.47 Å². The maximum atomic E-state index is 11.7. The summed E-state index contributed by atoms with van der Waals surface area (Å²) in [5.74, 6) is -0.260. The Bertz CT molecular complexity index is 512. The summed E-state index contributed by atoms with van der Waals surface area (Å²) in [6.07, 6.45) is 1.13. The van der Waals surface area contributed by atoms with E-state index in [4.69, 9.17) is 13.7 Å². The normalized spacial score (nSPS) is 11.3. The minimum absolute atomic E-state index is 0.0832. The van der Waals surface area contributed by atoms with Crippen LogP contribution in [0, 0.1) is 0 Å². The highest BCUT2D eigenvalue weighted by molar-refractivity contribution is 7.86. The smallest absolute Gasteiger partial charge is 0.305 e.